The molecule has 0 spiro atoms. The molecule has 0 saturated carbocycles. The Morgan fingerprint density at radius 2 is 2.03 bits per heavy atom. The van der Waals surface area contributed by atoms with Crippen LogP contribution >= 0.6 is 11.8 Å². The number of aromatic nitrogens is 5. The summed E-state index contributed by atoms with van der Waals surface area (Å²) < 4.78 is 37.5. The maximum Gasteiger partial charge on any atom is 0.387 e. The van der Waals surface area contributed by atoms with E-state index in [9.17, 15) is 18.9 Å². The Labute approximate surface area is 185 Å². The number of benzene rings is 1. The highest BCUT2D eigenvalue weighted by molar-refractivity contribution is 7.98. The van der Waals surface area contributed by atoms with Gasteiger partial charge in [-0.1, -0.05) is 11.8 Å². The molecule has 0 aliphatic heterocycles. The van der Waals surface area contributed by atoms with Crippen LogP contribution in [-0.2, 0) is 5.88 Å². The lowest BCUT2D eigenvalue weighted by Crippen LogP contribution is -2.04. The number of nitrogens with zero attached hydrogens (tertiary/aromatic N) is 7. The second-order valence-corrected chi connectivity index (χ2v) is 7.34. The fourth-order valence-corrected chi connectivity index (χ4v) is 3.73. The van der Waals surface area contributed by atoms with E-state index in [1.165, 1.54) is 46.6 Å². The van der Waals surface area contributed by atoms with Gasteiger partial charge < -0.3 is 9.47 Å². The number of halogens is 2. The Kier molecular flexibility index (Phi) is 7.02. The summed E-state index contributed by atoms with van der Waals surface area (Å²) in [6, 6.07) is 4.41. The Morgan fingerprint density at radius 3 is 2.66 bits per heavy atom. The van der Waals surface area contributed by atoms with Crippen LogP contribution in [0.1, 0.15) is 22.8 Å². The number of thioether (sulfide) groups is 1. The van der Waals surface area contributed by atoms with Crippen molar-refractivity contribution < 1.29 is 23.2 Å². The molecule has 14 heteroatoms. The molecule has 0 saturated heterocycles. The van der Waals surface area contributed by atoms with Crippen molar-refractivity contribution in [3.05, 3.63) is 51.1 Å². The van der Waals surface area contributed by atoms with Crippen molar-refractivity contribution in [2.75, 3.05) is 7.11 Å². The van der Waals surface area contributed by atoms with Crippen molar-refractivity contribution in [3.63, 3.8) is 0 Å². The molecule has 0 N–H and O–H groups in total. The highest BCUT2D eigenvalue weighted by atomic mass is 32.2. The van der Waals surface area contributed by atoms with E-state index < -0.39 is 11.5 Å². The zero-order chi connectivity index (χ0) is 23.4. The van der Waals surface area contributed by atoms with Gasteiger partial charge in [0.15, 0.2) is 17.3 Å². The second-order valence-electron chi connectivity index (χ2n) is 6.42. The maximum absolute atomic E-state index is 12.5. The molecule has 3 rings (SSSR count). The largest absolute Gasteiger partial charge is 0.493 e. The lowest BCUT2D eigenvalue weighted by molar-refractivity contribution is -0.386. The summed E-state index contributed by atoms with van der Waals surface area (Å²) in [7, 11) is 1.34. The predicted molar refractivity (Wildman–Crippen MR) is 112 cm³/mol. The molecule has 0 aliphatic carbocycles. The minimum atomic E-state index is -2.97. The molecule has 0 unspecified atom stereocenters. The molecule has 11 nitrogen and oxygen atoms in total. The lowest BCUT2D eigenvalue weighted by atomic mass is 10.2. The normalized spacial score (nSPS) is 11.5. The van der Waals surface area contributed by atoms with E-state index in [4.69, 9.17) is 4.74 Å². The van der Waals surface area contributed by atoms with E-state index in [1.54, 1.807) is 26.8 Å². The van der Waals surface area contributed by atoms with Crippen LogP contribution in [0, 0.1) is 30.9 Å². The third-order valence-corrected chi connectivity index (χ3v) is 5.22. The number of rotatable bonds is 9. The van der Waals surface area contributed by atoms with Crippen LogP contribution < -0.4 is 9.47 Å². The van der Waals surface area contributed by atoms with Gasteiger partial charge in [0.2, 0.25) is 5.16 Å². The van der Waals surface area contributed by atoms with Gasteiger partial charge in [-0.15, -0.1) is 10.2 Å². The minimum absolute atomic E-state index is 0.0190. The zero-order valence-corrected chi connectivity index (χ0v) is 18.3. The summed E-state index contributed by atoms with van der Waals surface area (Å²) in [5.74, 6) is 0.820. The summed E-state index contributed by atoms with van der Waals surface area (Å²) in [4.78, 5) is 10.7. The number of aryl methyl sites for hydroxylation is 2. The molecule has 0 radical (unpaired) electrons. The number of hydrogen-bond acceptors (Lipinski definition) is 9. The molecular formula is C18H19F2N7O4S. The number of ether oxygens (including phenoxy) is 2. The van der Waals surface area contributed by atoms with Gasteiger partial charge >= 0.3 is 12.3 Å². The fraction of sp³-hybridized carbons (Fsp3) is 0.333. The molecule has 2 heterocycles. The average Bonchev–Trinajstić information content (AvgIpc) is 3.23. The van der Waals surface area contributed by atoms with Crippen molar-refractivity contribution >= 4 is 23.7 Å². The van der Waals surface area contributed by atoms with Crippen molar-refractivity contribution in [2.24, 2.45) is 5.10 Å². The van der Waals surface area contributed by atoms with E-state index in [0.29, 0.717) is 27.9 Å². The van der Waals surface area contributed by atoms with Crippen LogP contribution in [0.3, 0.4) is 0 Å². The van der Waals surface area contributed by atoms with Crippen LogP contribution in [-0.4, -0.2) is 49.5 Å². The van der Waals surface area contributed by atoms with Crippen molar-refractivity contribution in [2.45, 2.75) is 38.4 Å². The minimum Gasteiger partial charge on any atom is -0.493 e. The van der Waals surface area contributed by atoms with E-state index in [-0.39, 0.29) is 23.1 Å². The van der Waals surface area contributed by atoms with E-state index in [0.717, 1.165) is 0 Å². The summed E-state index contributed by atoms with van der Waals surface area (Å²) in [6.45, 7) is 1.95. The Balaban J connectivity index is 1.79. The van der Waals surface area contributed by atoms with Crippen LogP contribution in [0.2, 0.25) is 0 Å². The quantitative estimate of drug-likeness (QED) is 0.203. The second kappa shape index (κ2) is 9.72. The van der Waals surface area contributed by atoms with Gasteiger partial charge in [0.25, 0.3) is 0 Å². The highest BCUT2D eigenvalue weighted by Crippen LogP contribution is 2.29. The van der Waals surface area contributed by atoms with Gasteiger partial charge in [0, 0.05) is 0 Å². The van der Waals surface area contributed by atoms with Crippen molar-refractivity contribution in [1.82, 2.24) is 24.7 Å². The topological polar surface area (TPSA) is 122 Å². The van der Waals surface area contributed by atoms with Crippen LogP contribution in [0.4, 0.5) is 14.5 Å². The molecule has 32 heavy (non-hydrogen) atoms. The molecule has 0 bridgehead atoms. The average molecular weight is 467 g/mol. The molecule has 1 aromatic carbocycles. The standard InChI is InChI=1S/C18H19F2N7O4S/c1-10-16(27(28)29)11(2)25(24-10)9-32-18-23-22-12(3)26(18)21-8-13-5-6-14(31-17(19)20)15(7-13)30-4/h5-8,17H,9H2,1-4H3/b21-8-. The lowest BCUT2D eigenvalue weighted by Gasteiger charge is -2.10. The summed E-state index contributed by atoms with van der Waals surface area (Å²) in [5, 5.41) is 28.3. The van der Waals surface area contributed by atoms with Gasteiger partial charge in [-0.25, -0.2) is 0 Å². The Hall–Kier alpha value is -3.55. The maximum atomic E-state index is 12.5. The van der Waals surface area contributed by atoms with Gasteiger partial charge in [0.1, 0.15) is 11.4 Å². The fourth-order valence-electron chi connectivity index (χ4n) is 2.84. The Morgan fingerprint density at radius 1 is 1.28 bits per heavy atom. The number of alkyl halides is 2. The van der Waals surface area contributed by atoms with Crippen LogP contribution in [0.15, 0.2) is 28.5 Å². The first kappa shape index (κ1) is 23.1. The van der Waals surface area contributed by atoms with Crippen molar-refractivity contribution in [1.29, 1.82) is 0 Å². The van der Waals surface area contributed by atoms with E-state index >= 15 is 0 Å². The number of methoxy groups -OCH3 is 1. The molecule has 2 aromatic heterocycles. The van der Waals surface area contributed by atoms with Gasteiger partial charge in [-0.05, 0) is 44.5 Å². The molecule has 0 fully saturated rings. The smallest absolute Gasteiger partial charge is 0.387 e. The number of hydrogen-bond donors (Lipinski definition) is 0. The molecule has 0 amide bonds. The van der Waals surface area contributed by atoms with Gasteiger partial charge in [-0.2, -0.15) is 23.7 Å². The molecule has 170 valence electrons. The SMILES string of the molecule is COc1cc(/C=N\n2c(C)nnc2SCn2nc(C)c([N+](=O)[O-])c2C)ccc1OC(F)F. The number of nitro groups is 1. The predicted octanol–water partition coefficient (Wildman–Crippen LogP) is 3.55. The summed E-state index contributed by atoms with van der Waals surface area (Å²) >= 11 is 1.25. The molecular weight excluding hydrogens is 448 g/mol. The first-order valence-electron chi connectivity index (χ1n) is 9.11. The van der Waals surface area contributed by atoms with Crippen LogP contribution in [0.5, 0.6) is 11.5 Å². The first-order chi connectivity index (χ1) is 15.2. The van der Waals surface area contributed by atoms with Crippen molar-refractivity contribution in [3.8, 4) is 11.5 Å². The monoisotopic (exact) mass is 467 g/mol. The van der Waals surface area contributed by atoms with Gasteiger partial charge in [0.05, 0.1) is 24.1 Å². The summed E-state index contributed by atoms with van der Waals surface area (Å²) in [6.07, 6.45) is 1.49. The molecule has 0 atom stereocenters. The van der Waals surface area contributed by atoms with Crippen LogP contribution in [0.25, 0.3) is 0 Å². The third-order valence-electron chi connectivity index (χ3n) is 4.34. The zero-order valence-electron chi connectivity index (χ0n) is 17.5. The third kappa shape index (κ3) is 5.01. The molecule has 0 aliphatic rings. The van der Waals surface area contributed by atoms with E-state index in [2.05, 4.69) is 25.1 Å². The highest BCUT2D eigenvalue weighted by Gasteiger charge is 2.22. The van der Waals surface area contributed by atoms with E-state index in [1.807, 2.05) is 0 Å². The summed E-state index contributed by atoms with van der Waals surface area (Å²) in [5.41, 5.74) is 1.32. The Bertz CT molecular complexity index is 1160. The van der Waals surface area contributed by atoms with Gasteiger partial charge in [-0.3, -0.25) is 14.8 Å². The molecule has 3 aromatic rings. The first-order valence-corrected chi connectivity index (χ1v) is 10.1.